The number of benzene rings is 1. The highest BCUT2D eigenvalue weighted by atomic mass is 16.5. The molecule has 1 atom stereocenters. The summed E-state index contributed by atoms with van der Waals surface area (Å²) in [6.07, 6.45) is 4.55. The van der Waals surface area contributed by atoms with E-state index < -0.39 is 0 Å². The van der Waals surface area contributed by atoms with Crippen LogP contribution in [-0.4, -0.2) is 11.7 Å². The van der Waals surface area contributed by atoms with Crippen molar-refractivity contribution in [1.82, 2.24) is 10.5 Å². The Morgan fingerprint density at radius 1 is 1.29 bits per heavy atom. The molecule has 3 heteroatoms. The molecule has 1 heterocycles. The van der Waals surface area contributed by atoms with Gasteiger partial charge in [-0.2, -0.15) is 0 Å². The minimum absolute atomic E-state index is 0.589. The van der Waals surface area contributed by atoms with Gasteiger partial charge in [-0.15, -0.1) is 0 Å². The third-order valence-corrected chi connectivity index (χ3v) is 2.94. The van der Waals surface area contributed by atoms with Crippen molar-refractivity contribution in [3.63, 3.8) is 0 Å². The average molecular weight is 230 g/mol. The Balaban J connectivity index is 1.68. The van der Waals surface area contributed by atoms with Crippen molar-refractivity contribution in [3.8, 4) is 0 Å². The average Bonchev–Trinajstić information content (AvgIpc) is 2.88. The summed E-state index contributed by atoms with van der Waals surface area (Å²) >= 11 is 0. The molecule has 0 radical (unpaired) electrons. The number of hydrogen-bond acceptors (Lipinski definition) is 3. The zero-order chi connectivity index (χ0) is 11.9. The quantitative estimate of drug-likeness (QED) is 0.775. The monoisotopic (exact) mass is 230 g/mol. The molecule has 0 fully saturated rings. The molecule has 90 valence electrons. The van der Waals surface area contributed by atoms with Crippen molar-refractivity contribution in [2.75, 3.05) is 6.54 Å². The zero-order valence-corrected chi connectivity index (χ0v) is 10.1. The van der Waals surface area contributed by atoms with E-state index in [2.05, 4.69) is 47.7 Å². The fraction of sp³-hybridized carbons (Fsp3) is 0.357. The van der Waals surface area contributed by atoms with E-state index in [-0.39, 0.29) is 0 Å². The minimum Gasteiger partial charge on any atom is -0.364 e. The summed E-state index contributed by atoms with van der Waals surface area (Å²) in [5.74, 6) is 0.589. The predicted octanol–water partition coefficient (Wildman–Crippen LogP) is 2.96. The van der Waals surface area contributed by atoms with Crippen molar-refractivity contribution in [2.24, 2.45) is 0 Å². The molecule has 2 rings (SSSR count). The molecule has 0 aliphatic carbocycles. The Kier molecular flexibility index (Phi) is 4.33. The Morgan fingerprint density at radius 2 is 2.12 bits per heavy atom. The molecule has 0 aliphatic rings. The number of nitrogens with one attached hydrogen (secondary N) is 1. The van der Waals surface area contributed by atoms with Gasteiger partial charge in [-0.3, -0.25) is 0 Å². The molecule has 0 bridgehead atoms. The van der Waals surface area contributed by atoms with Crippen LogP contribution < -0.4 is 5.32 Å². The molecular weight excluding hydrogens is 212 g/mol. The molecule has 1 aromatic heterocycles. The molecule has 17 heavy (non-hydrogen) atoms. The van der Waals surface area contributed by atoms with E-state index in [9.17, 15) is 0 Å². The summed E-state index contributed by atoms with van der Waals surface area (Å²) in [4.78, 5) is 0. The Bertz CT molecular complexity index is 411. The van der Waals surface area contributed by atoms with Gasteiger partial charge in [0, 0.05) is 12.1 Å². The highest BCUT2D eigenvalue weighted by Crippen LogP contribution is 2.17. The molecular formula is C14H18N2O. The van der Waals surface area contributed by atoms with Crippen LogP contribution >= 0.6 is 0 Å². The van der Waals surface area contributed by atoms with Gasteiger partial charge in [0.2, 0.25) is 0 Å². The lowest BCUT2D eigenvalue weighted by Crippen LogP contribution is -2.16. The van der Waals surface area contributed by atoms with Gasteiger partial charge in [0.25, 0.3) is 0 Å². The topological polar surface area (TPSA) is 38.1 Å². The summed E-state index contributed by atoms with van der Waals surface area (Å²) in [7, 11) is 0. The predicted molar refractivity (Wildman–Crippen MR) is 67.7 cm³/mol. The number of aromatic nitrogens is 1. The van der Waals surface area contributed by atoms with Gasteiger partial charge in [0.05, 0.1) is 6.20 Å². The molecule has 1 unspecified atom stereocenters. The second-order valence-corrected chi connectivity index (χ2v) is 4.31. The second-order valence-electron chi connectivity index (χ2n) is 4.31. The molecule has 0 amide bonds. The van der Waals surface area contributed by atoms with Crippen molar-refractivity contribution in [1.29, 1.82) is 0 Å². The van der Waals surface area contributed by atoms with E-state index in [1.54, 1.807) is 12.5 Å². The van der Waals surface area contributed by atoms with Gasteiger partial charge in [0.15, 0.2) is 0 Å². The molecule has 0 aliphatic heterocycles. The van der Waals surface area contributed by atoms with Gasteiger partial charge < -0.3 is 9.84 Å². The van der Waals surface area contributed by atoms with Crippen molar-refractivity contribution < 1.29 is 4.52 Å². The van der Waals surface area contributed by atoms with Gasteiger partial charge in [0.1, 0.15) is 6.26 Å². The molecule has 3 nitrogen and oxygen atoms in total. The fourth-order valence-corrected chi connectivity index (χ4v) is 1.81. The number of hydrogen-bond donors (Lipinski definition) is 1. The summed E-state index contributed by atoms with van der Waals surface area (Å²) < 4.78 is 4.77. The van der Waals surface area contributed by atoms with Crippen LogP contribution in [0.1, 0.15) is 30.4 Å². The highest BCUT2D eigenvalue weighted by Gasteiger charge is 2.04. The number of rotatable bonds is 6. The van der Waals surface area contributed by atoms with Gasteiger partial charge in [-0.1, -0.05) is 42.4 Å². The molecule has 0 saturated carbocycles. The van der Waals surface area contributed by atoms with E-state index in [0.29, 0.717) is 5.92 Å². The molecule has 0 saturated heterocycles. The van der Waals surface area contributed by atoms with Crippen molar-refractivity contribution in [2.45, 2.75) is 25.8 Å². The summed E-state index contributed by atoms with van der Waals surface area (Å²) in [5, 5.41) is 7.06. The fourth-order valence-electron chi connectivity index (χ4n) is 1.81. The van der Waals surface area contributed by atoms with Gasteiger partial charge in [-0.25, -0.2) is 0 Å². The first-order valence-electron chi connectivity index (χ1n) is 6.00. The van der Waals surface area contributed by atoms with Crippen LogP contribution in [0.5, 0.6) is 0 Å². The summed E-state index contributed by atoms with van der Waals surface area (Å²) in [5.41, 5.74) is 2.50. The lowest BCUT2D eigenvalue weighted by molar-refractivity contribution is 0.418. The maximum atomic E-state index is 4.77. The lowest BCUT2D eigenvalue weighted by atomic mass is 9.98. The molecule has 1 N–H and O–H groups in total. The maximum Gasteiger partial charge on any atom is 0.128 e. The molecule has 1 aromatic carbocycles. The Hall–Kier alpha value is -1.61. The van der Waals surface area contributed by atoms with Crippen LogP contribution in [0.25, 0.3) is 0 Å². The van der Waals surface area contributed by atoms with E-state index >= 15 is 0 Å². The van der Waals surface area contributed by atoms with E-state index in [1.807, 2.05) is 0 Å². The van der Waals surface area contributed by atoms with E-state index in [0.717, 1.165) is 25.1 Å². The van der Waals surface area contributed by atoms with Crippen LogP contribution in [0.15, 0.2) is 47.3 Å². The first kappa shape index (κ1) is 11.9. The van der Waals surface area contributed by atoms with Gasteiger partial charge >= 0.3 is 0 Å². The van der Waals surface area contributed by atoms with Crippen LogP contribution in [0.4, 0.5) is 0 Å². The Labute approximate surface area is 102 Å². The molecule has 0 spiro atoms. The third-order valence-electron chi connectivity index (χ3n) is 2.94. The lowest BCUT2D eigenvalue weighted by Gasteiger charge is -2.11. The molecule has 2 aromatic rings. The normalized spacial score (nSPS) is 12.5. The van der Waals surface area contributed by atoms with Crippen LogP contribution in [0.2, 0.25) is 0 Å². The maximum absolute atomic E-state index is 4.77. The van der Waals surface area contributed by atoms with E-state index in [1.165, 1.54) is 5.56 Å². The first-order chi connectivity index (χ1) is 8.36. The van der Waals surface area contributed by atoms with Crippen LogP contribution in [0, 0.1) is 0 Å². The second kappa shape index (κ2) is 6.21. The smallest absolute Gasteiger partial charge is 0.128 e. The summed E-state index contributed by atoms with van der Waals surface area (Å²) in [6.45, 7) is 4.09. The standard InChI is InChI=1S/C14H18N2O/c1-12(14-5-3-2-4-6-14)7-8-15-9-13-10-16-17-11-13/h2-6,10-12,15H,7-9H2,1H3. The Morgan fingerprint density at radius 3 is 2.82 bits per heavy atom. The first-order valence-corrected chi connectivity index (χ1v) is 6.00. The minimum atomic E-state index is 0.589. The number of nitrogens with zero attached hydrogens (tertiary/aromatic N) is 1. The summed E-state index contributed by atoms with van der Waals surface area (Å²) in [6, 6.07) is 10.6. The van der Waals surface area contributed by atoms with Crippen molar-refractivity contribution >= 4 is 0 Å². The van der Waals surface area contributed by atoms with Crippen LogP contribution in [0.3, 0.4) is 0 Å². The third kappa shape index (κ3) is 3.71. The van der Waals surface area contributed by atoms with Crippen molar-refractivity contribution in [3.05, 3.63) is 53.9 Å². The van der Waals surface area contributed by atoms with E-state index in [4.69, 9.17) is 4.52 Å². The van der Waals surface area contributed by atoms with Crippen LogP contribution in [-0.2, 0) is 6.54 Å². The SMILES string of the molecule is CC(CCNCc1cnoc1)c1ccccc1. The largest absolute Gasteiger partial charge is 0.364 e. The highest BCUT2D eigenvalue weighted by molar-refractivity contribution is 5.18. The van der Waals surface area contributed by atoms with Gasteiger partial charge in [-0.05, 0) is 24.4 Å². The zero-order valence-electron chi connectivity index (χ0n) is 10.1.